The number of carbonyl (C=O) groups is 1. The Balaban J connectivity index is 2.56. The minimum Gasteiger partial charge on any atom is -0.494 e. The molecular weight excluding hydrogens is 383 g/mol. The van der Waals surface area contributed by atoms with Crippen LogP contribution in [0.25, 0.3) is 12.2 Å². The van der Waals surface area contributed by atoms with Crippen LogP contribution < -0.4 is 4.74 Å². The van der Waals surface area contributed by atoms with Crippen LogP contribution in [0.4, 0.5) is 22.0 Å². The summed E-state index contributed by atoms with van der Waals surface area (Å²) >= 11 is 5.97. The highest BCUT2D eigenvalue weighted by atomic mass is 35.5. The first-order chi connectivity index (χ1) is 12.2. The van der Waals surface area contributed by atoms with Gasteiger partial charge in [0.1, 0.15) is 5.56 Å². The van der Waals surface area contributed by atoms with E-state index in [0.29, 0.717) is 6.08 Å². The molecule has 0 fully saturated rings. The summed E-state index contributed by atoms with van der Waals surface area (Å²) in [6.07, 6.45) is 1.70. The summed E-state index contributed by atoms with van der Waals surface area (Å²) in [4.78, 5) is 11.8. The van der Waals surface area contributed by atoms with E-state index >= 15 is 0 Å². The normalized spacial score (nSPS) is 11.1. The van der Waals surface area contributed by atoms with Crippen molar-refractivity contribution in [2.24, 2.45) is 0 Å². The van der Waals surface area contributed by atoms with Gasteiger partial charge in [0, 0.05) is 0 Å². The van der Waals surface area contributed by atoms with E-state index in [2.05, 4.69) is 4.74 Å². The van der Waals surface area contributed by atoms with Gasteiger partial charge in [-0.3, -0.25) is 0 Å². The SMILES string of the molecule is COC(=O)c1cc(C=Cc2c(F)c(F)c(F)c(F)c2F)cc(Cl)c1OC. The van der Waals surface area contributed by atoms with Crippen LogP contribution in [-0.2, 0) is 4.74 Å². The zero-order valence-corrected chi connectivity index (χ0v) is 14.1. The molecule has 26 heavy (non-hydrogen) atoms. The highest BCUT2D eigenvalue weighted by Crippen LogP contribution is 2.32. The summed E-state index contributed by atoms with van der Waals surface area (Å²) in [6.45, 7) is 0. The van der Waals surface area contributed by atoms with Gasteiger partial charge in [0.2, 0.25) is 5.82 Å². The fourth-order valence-corrected chi connectivity index (χ4v) is 2.43. The van der Waals surface area contributed by atoms with E-state index in [9.17, 15) is 26.7 Å². The number of esters is 1. The first-order valence-corrected chi connectivity index (χ1v) is 7.26. The zero-order valence-electron chi connectivity index (χ0n) is 13.3. The number of ether oxygens (including phenoxy) is 2. The van der Waals surface area contributed by atoms with Crippen molar-refractivity contribution in [1.82, 2.24) is 0 Å². The van der Waals surface area contributed by atoms with Crippen LogP contribution in [0.15, 0.2) is 12.1 Å². The lowest BCUT2D eigenvalue weighted by molar-refractivity contribution is 0.0597. The van der Waals surface area contributed by atoms with Gasteiger partial charge in [0.25, 0.3) is 0 Å². The standard InChI is InChI=1S/C17H10ClF5O3/c1-25-16-9(17(24)26-2)5-7(6-10(16)18)3-4-8-11(19)13(21)15(23)14(22)12(8)20/h3-6H,1-2H3. The molecule has 0 atom stereocenters. The maximum absolute atomic E-state index is 13.7. The Morgan fingerprint density at radius 1 is 0.923 bits per heavy atom. The Hall–Kier alpha value is -2.61. The molecule has 0 radical (unpaired) electrons. The second-order valence-corrected chi connectivity index (χ2v) is 5.30. The topological polar surface area (TPSA) is 35.5 Å². The summed E-state index contributed by atoms with van der Waals surface area (Å²) in [6, 6.07) is 2.49. The van der Waals surface area contributed by atoms with Crippen LogP contribution in [0.2, 0.25) is 5.02 Å². The summed E-state index contributed by atoms with van der Waals surface area (Å²) in [5, 5.41) is -0.0209. The van der Waals surface area contributed by atoms with Crippen molar-refractivity contribution in [3.63, 3.8) is 0 Å². The van der Waals surface area contributed by atoms with Crippen molar-refractivity contribution in [2.75, 3.05) is 14.2 Å². The molecule has 0 unspecified atom stereocenters. The molecule has 0 N–H and O–H groups in total. The lowest BCUT2D eigenvalue weighted by Gasteiger charge is -2.10. The molecule has 138 valence electrons. The summed E-state index contributed by atoms with van der Waals surface area (Å²) < 4.78 is 76.4. The fraction of sp³-hybridized carbons (Fsp3) is 0.118. The Bertz CT molecular complexity index is 883. The number of halogens is 6. The third-order valence-corrected chi connectivity index (χ3v) is 3.64. The van der Waals surface area contributed by atoms with E-state index in [4.69, 9.17) is 16.3 Å². The Kier molecular flexibility index (Phi) is 5.86. The average Bonchev–Trinajstić information content (AvgIpc) is 2.63. The monoisotopic (exact) mass is 392 g/mol. The highest BCUT2D eigenvalue weighted by Gasteiger charge is 2.24. The van der Waals surface area contributed by atoms with Gasteiger partial charge in [-0.15, -0.1) is 0 Å². The van der Waals surface area contributed by atoms with E-state index < -0.39 is 40.6 Å². The Morgan fingerprint density at radius 2 is 1.46 bits per heavy atom. The number of methoxy groups -OCH3 is 2. The minimum atomic E-state index is -2.25. The van der Waals surface area contributed by atoms with E-state index in [1.54, 1.807) is 0 Å². The molecule has 0 saturated heterocycles. The van der Waals surface area contributed by atoms with Crippen molar-refractivity contribution >= 4 is 29.7 Å². The molecule has 0 bridgehead atoms. The van der Waals surface area contributed by atoms with Gasteiger partial charge in [0.15, 0.2) is 29.0 Å². The predicted octanol–water partition coefficient (Wildman–Crippen LogP) is 5.00. The highest BCUT2D eigenvalue weighted by molar-refractivity contribution is 6.32. The van der Waals surface area contributed by atoms with Gasteiger partial charge >= 0.3 is 5.97 Å². The summed E-state index contributed by atoms with van der Waals surface area (Å²) in [5.41, 5.74) is -1.08. The number of carbonyl (C=O) groups excluding carboxylic acids is 1. The quantitative estimate of drug-likeness (QED) is 0.241. The number of hydrogen-bond donors (Lipinski definition) is 0. The molecule has 3 nitrogen and oxygen atoms in total. The smallest absolute Gasteiger partial charge is 0.341 e. The molecule has 0 aliphatic heterocycles. The lowest BCUT2D eigenvalue weighted by Crippen LogP contribution is -2.05. The molecule has 2 rings (SSSR count). The van der Waals surface area contributed by atoms with Crippen LogP contribution in [-0.4, -0.2) is 20.2 Å². The molecule has 0 aliphatic rings. The second-order valence-electron chi connectivity index (χ2n) is 4.89. The van der Waals surface area contributed by atoms with Crippen LogP contribution in [0.5, 0.6) is 5.75 Å². The Morgan fingerprint density at radius 3 is 1.96 bits per heavy atom. The molecule has 0 spiro atoms. The number of rotatable bonds is 4. The van der Waals surface area contributed by atoms with Gasteiger partial charge < -0.3 is 9.47 Å². The molecular formula is C17H10ClF5O3. The maximum Gasteiger partial charge on any atom is 0.341 e. The molecule has 0 amide bonds. The predicted molar refractivity (Wildman–Crippen MR) is 84.5 cm³/mol. The Labute approximate surface area is 149 Å². The maximum atomic E-state index is 13.7. The van der Waals surface area contributed by atoms with Gasteiger partial charge in [-0.1, -0.05) is 17.7 Å². The minimum absolute atomic E-state index is 0.00639. The summed E-state index contributed by atoms with van der Waals surface area (Å²) in [5.74, 6) is -11.1. The molecule has 9 heteroatoms. The van der Waals surface area contributed by atoms with E-state index in [1.807, 2.05) is 0 Å². The summed E-state index contributed by atoms with van der Waals surface area (Å²) in [7, 11) is 2.38. The van der Waals surface area contributed by atoms with Crippen LogP contribution >= 0.6 is 11.6 Å². The van der Waals surface area contributed by atoms with E-state index in [-0.39, 0.29) is 21.9 Å². The van der Waals surface area contributed by atoms with E-state index in [1.165, 1.54) is 19.2 Å². The third-order valence-electron chi connectivity index (χ3n) is 3.36. The van der Waals surface area contributed by atoms with Crippen LogP contribution in [0, 0.1) is 29.1 Å². The second kappa shape index (κ2) is 7.74. The van der Waals surface area contributed by atoms with Crippen molar-refractivity contribution < 1.29 is 36.2 Å². The van der Waals surface area contributed by atoms with Crippen molar-refractivity contribution in [1.29, 1.82) is 0 Å². The molecule has 0 heterocycles. The first kappa shape index (κ1) is 19.7. The van der Waals surface area contributed by atoms with Crippen LogP contribution in [0.1, 0.15) is 21.5 Å². The zero-order chi connectivity index (χ0) is 19.6. The average molecular weight is 393 g/mol. The lowest BCUT2D eigenvalue weighted by atomic mass is 10.1. The number of benzene rings is 2. The third kappa shape index (κ3) is 3.50. The van der Waals surface area contributed by atoms with Gasteiger partial charge in [-0.25, -0.2) is 26.7 Å². The van der Waals surface area contributed by atoms with Gasteiger partial charge in [-0.2, -0.15) is 0 Å². The largest absolute Gasteiger partial charge is 0.494 e. The van der Waals surface area contributed by atoms with Gasteiger partial charge in [0.05, 0.1) is 24.8 Å². The van der Waals surface area contributed by atoms with Crippen LogP contribution in [0.3, 0.4) is 0 Å². The molecule has 0 saturated carbocycles. The molecule has 0 aliphatic carbocycles. The van der Waals surface area contributed by atoms with Crippen molar-refractivity contribution in [3.8, 4) is 5.75 Å². The van der Waals surface area contributed by atoms with Crippen molar-refractivity contribution in [3.05, 3.63) is 62.9 Å². The first-order valence-electron chi connectivity index (χ1n) is 6.88. The van der Waals surface area contributed by atoms with E-state index in [0.717, 1.165) is 13.2 Å². The molecule has 2 aromatic carbocycles. The fourth-order valence-electron chi connectivity index (χ4n) is 2.13. The van der Waals surface area contributed by atoms with Crippen molar-refractivity contribution in [2.45, 2.75) is 0 Å². The molecule has 0 aromatic heterocycles. The molecule has 2 aromatic rings. The number of hydrogen-bond acceptors (Lipinski definition) is 3. The van der Waals surface area contributed by atoms with Gasteiger partial charge in [-0.05, 0) is 23.8 Å².